The van der Waals surface area contributed by atoms with Crippen LogP contribution < -0.4 is 5.32 Å². The topological polar surface area (TPSA) is 61.8 Å². The molecule has 1 N–H and O–H groups in total. The van der Waals surface area contributed by atoms with Gasteiger partial charge < -0.3 is 10.2 Å². The highest BCUT2D eigenvalue weighted by Crippen LogP contribution is 2.28. The lowest BCUT2D eigenvalue weighted by atomic mass is 10.1. The van der Waals surface area contributed by atoms with Crippen molar-refractivity contribution in [2.45, 2.75) is 24.2 Å². The van der Waals surface area contributed by atoms with Crippen LogP contribution in [0.4, 0.5) is 5.69 Å². The van der Waals surface area contributed by atoms with Crippen molar-refractivity contribution < 1.29 is 8.42 Å². The van der Waals surface area contributed by atoms with Crippen LogP contribution in [0.3, 0.4) is 0 Å². The van der Waals surface area contributed by atoms with Gasteiger partial charge in [0.15, 0.2) is 5.17 Å². The highest BCUT2D eigenvalue weighted by Gasteiger charge is 2.24. The van der Waals surface area contributed by atoms with Crippen LogP contribution >= 0.6 is 11.8 Å². The first-order valence-electron chi connectivity index (χ1n) is 7.21. The minimum Gasteiger partial charge on any atom is -0.333 e. The minimum absolute atomic E-state index is 0.255. The number of anilines is 1. The molecule has 0 unspecified atom stereocenters. The van der Waals surface area contributed by atoms with E-state index in [0.29, 0.717) is 10.9 Å². The summed E-state index contributed by atoms with van der Waals surface area (Å²) in [6.45, 7) is 3.29. The smallest absolute Gasteiger partial charge is 0.286 e. The Morgan fingerprint density at radius 1 is 1.19 bits per heavy atom. The number of thioether (sulfide) groups is 1. The number of fused-ring (bicyclic) bond motifs is 1. The van der Waals surface area contributed by atoms with Crippen molar-refractivity contribution in [1.82, 2.24) is 4.90 Å². The van der Waals surface area contributed by atoms with Crippen LogP contribution in [0, 0.1) is 0 Å². The van der Waals surface area contributed by atoms with Gasteiger partial charge in [-0.2, -0.15) is 8.42 Å². The average Bonchev–Trinajstić information content (AvgIpc) is 2.48. The number of nitrogens with zero attached hydrogens (tertiary/aromatic N) is 2. The standard InChI is InChI=1S/C14H19N3O2S2/c18-21(19)13-7-3-2-6-12(13)15-14(16-21)20-11-10-17-8-4-1-5-9-17/h2-3,6-7H,1,4-5,8-11H2,(H,15,16). The molecule has 2 aliphatic rings. The summed E-state index contributed by atoms with van der Waals surface area (Å²) in [5.41, 5.74) is 0.618. The lowest BCUT2D eigenvalue weighted by Gasteiger charge is -2.26. The Morgan fingerprint density at radius 2 is 1.95 bits per heavy atom. The molecular weight excluding hydrogens is 306 g/mol. The number of likely N-dealkylation sites (tertiary alicyclic amines) is 1. The summed E-state index contributed by atoms with van der Waals surface area (Å²) in [6.07, 6.45) is 3.87. The third-order valence-electron chi connectivity index (χ3n) is 3.70. The summed E-state index contributed by atoms with van der Waals surface area (Å²) in [4.78, 5) is 2.69. The molecular formula is C14H19N3O2S2. The van der Waals surface area contributed by atoms with Crippen molar-refractivity contribution in [3.8, 4) is 0 Å². The molecule has 1 aromatic rings. The maximum atomic E-state index is 12.1. The van der Waals surface area contributed by atoms with E-state index in [2.05, 4.69) is 14.6 Å². The van der Waals surface area contributed by atoms with Gasteiger partial charge in [-0.3, -0.25) is 0 Å². The molecule has 3 rings (SSSR count). The molecule has 0 aliphatic carbocycles. The van der Waals surface area contributed by atoms with E-state index in [1.165, 1.54) is 31.0 Å². The summed E-state index contributed by atoms with van der Waals surface area (Å²) in [7, 11) is -3.56. The van der Waals surface area contributed by atoms with Crippen molar-refractivity contribution in [3.63, 3.8) is 0 Å². The summed E-state index contributed by atoms with van der Waals surface area (Å²) < 4.78 is 28.1. The van der Waals surface area contributed by atoms with E-state index in [1.54, 1.807) is 18.2 Å². The number of hydrogen-bond acceptors (Lipinski definition) is 5. The Kier molecular flexibility index (Phi) is 4.51. The van der Waals surface area contributed by atoms with Crippen LogP contribution in [-0.4, -0.2) is 43.9 Å². The number of para-hydroxylation sites is 1. The summed E-state index contributed by atoms with van der Waals surface area (Å²) in [6, 6.07) is 6.88. The molecule has 5 nitrogen and oxygen atoms in total. The predicted octanol–water partition coefficient (Wildman–Crippen LogP) is 2.38. The van der Waals surface area contributed by atoms with Gasteiger partial charge in [0, 0.05) is 12.3 Å². The van der Waals surface area contributed by atoms with Crippen LogP contribution in [0.25, 0.3) is 0 Å². The van der Waals surface area contributed by atoms with E-state index in [4.69, 9.17) is 0 Å². The number of sulfonamides is 1. The fourth-order valence-electron chi connectivity index (χ4n) is 2.61. The lowest BCUT2D eigenvalue weighted by molar-refractivity contribution is 0.242. The van der Waals surface area contributed by atoms with E-state index >= 15 is 0 Å². The van der Waals surface area contributed by atoms with Crippen molar-refractivity contribution in [1.29, 1.82) is 0 Å². The van der Waals surface area contributed by atoms with Crippen molar-refractivity contribution in [2.75, 3.05) is 30.7 Å². The molecule has 21 heavy (non-hydrogen) atoms. The molecule has 0 saturated carbocycles. The Hall–Kier alpha value is -1.05. The van der Waals surface area contributed by atoms with Crippen LogP contribution in [0.15, 0.2) is 33.6 Å². The van der Waals surface area contributed by atoms with Gasteiger partial charge >= 0.3 is 0 Å². The van der Waals surface area contributed by atoms with Crippen molar-refractivity contribution in [2.24, 2.45) is 4.40 Å². The highest BCUT2D eigenvalue weighted by atomic mass is 32.2. The van der Waals surface area contributed by atoms with Gasteiger partial charge in [-0.1, -0.05) is 30.3 Å². The first-order valence-corrected chi connectivity index (χ1v) is 9.64. The third-order valence-corrected chi connectivity index (χ3v) is 6.01. The van der Waals surface area contributed by atoms with Gasteiger partial charge in [-0.05, 0) is 38.1 Å². The number of hydrogen-bond donors (Lipinski definition) is 1. The monoisotopic (exact) mass is 325 g/mol. The molecule has 0 spiro atoms. The minimum atomic E-state index is -3.56. The maximum absolute atomic E-state index is 12.1. The number of amidine groups is 1. The van der Waals surface area contributed by atoms with E-state index in [-0.39, 0.29) is 4.90 Å². The van der Waals surface area contributed by atoms with Crippen molar-refractivity contribution in [3.05, 3.63) is 24.3 Å². The fraction of sp³-hybridized carbons (Fsp3) is 0.500. The van der Waals surface area contributed by atoms with Gasteiger partial charge in [-0.15, -0.1) is 4.40 Å². The van der Waals surface area contributed by atoms with Crippen LogP contribution in [0.2, 0.25) is 0 Å². The van der Waals surface area contributed by atoms with Gasteiger partial charge in [-0.25, -0.2) is 0 Å². The number of rotatable bonds is 3. The van der Waals surface area contributed by atoms with Gasteiger partial charge in [0.1, 0.15) is 4.90 Å². The van der Waals surface area contributed by atoms with Gasteiger partial charge in [0.25, 0.3) is 10.0 Å². The molecule has 1 fully saturated rings. The average molecular weight is 325 g/mol. The molecule has 0 atom stereocenters. The third kappa shape index (κ3) is 3.59. The molecule has 0 radical (unpaired) electrons. The second-order valence-electron chi connectivity index (χ2n) is 5.24. The SMILES string of the molecule is O=S1(=O)N=C(SCCN2CCCCC2)Nc2ccccc21. The zero-order chi connectivity index (χ0) is 14.7. The summed E-state index contributed by atoms with van der Waals surface area (Å²) >= 11 is 1.47. The quantitative estimate of drug-likeness (QED) is 0.924. The molecule has 0 bridgehead atoms. The normalized spacial score (nSPS) is 21.2. The molecule has 1 aromatic carbocycles. The van der Waals surface area contributed by atoms with E-state index in [1.807, 2.05) is 6.07 Å². The first-order chi connectivity index (χ1) is 10.1. The Morgan fingerprint density at radius 3 is 2.76 bits per heavy atom. The number of piperidine rings is 1. The molecule has 7 heteroatoms. The number of benzene rings is 1. The molecule has 0 aromatic heterocycles. The lowest BCUT2D eigenvalue weighted by Crippen LogP contribution is -2.32. The van der Waals surface area contributed by atoms with Crippen LogP contribution in [0.1, 0.15) is 19.3 Å². The highest BCUT2D eigenvalue weighted by molar-refractivity contribution is 8.14. The van der Waals surface area contributed by atoms with Crippen LogP contribution in [-0.2, 0) is 10.0 Å². The van der Waals surface area contributed by atoms with Crippen molar-refractivity contribution >= 4 is 32.6 Å². The van der Waals surface area contributed by atoms with Gasteiger partial charge in [0.05, 0.1) is 5.69 Å². The van der Waals surface area contributed by atoms with E-state index in [9.17, 15) is 8.42 Å². The molecule has 2 heterocycles. The Balaban J connectivity index is 1.61. The number of nitrogens with one attached hydrogen (secondary N) is 1. The predicted molar refractivity (Wildman–Crippen MR) is 87.4 cm³/mol. The summed E-state index contributed by atoms with van der Waals surface area (Å²) in [5, 5.41) is 3.58. The molecule has 2 aliphatic heterocycles. The zero-order valence-electron chi connectivity index (χ0n) is 11.8. The Labute approximate surface area is 129 Å². The molecule has 0 amide bonds. The van der Waals surface area contributed by atoms with E-state index in [0.717, 1.165) is 25.4 Å². The Bertz CT molecular complexity index is 637. The first kappa shape index (κ1) is 14.9. The second-order valence-corrected chi connectivity index (χ2v) is 7.90. The summed E-state index contributed by atoms with van der Waals surface area (Å²) in [5.74, 6) is 0.851. The maximum Gasteiger partial charge on any atom is 0.286 e. The van der Waals surface area contributed by atoms with Crippen LogP contribution in [0.5, 0.6) is 0 Å². The fourth-order valence-corrected chi connectivity index (χ4v) is 4.85. The zero-order valence-corrected chi connectivity index (χ0v) is 13.4. The second kappa shape index (κ2) is 6.37. The molecule has 114 valence electrons. The largest absolute Gasteiger partial charge is 0.333 e. The van der Waals surface area contributed by atoms with E-state index < -0.39 is 10.0 Å². The van der Waals surface area contributed by atoms with Gasteiger partial charge in [0.2, 0.25) is 0 Å². The molecule has 1 saturated heterocycles.